The maximum absolute atomic E-state index is 9.22. The molecule has 0 radical (unpaired) electrons. The molecule has 1 aromatic heterocycles. The molecule has 144 valence electrons. The topological polar surface area (TPSA) is 75.2 Å². The van der Waals surface area contributed by atoms with Crippen LogP contribution < -0.4 is 4.68 Å². The molecular weight excluding hydrogens is 364 g/mol. The van der Waals surface area contributed by atoms with Crippen LogP contribution in [0.5, 0.6) is 0 Å². The maximum Gasteiger partial charge on any atom is 0.238 e. The molecule has 3 aromatic rings. The number of benzene rings is 2. The Balaban J connectivity index is 0.000000380. The summed E-state index contributed by atoms with van der Waals surface area (Å²) >= 11 is 0. The summed E-state index contributed by atoms with van der Waals surface area (Å²) in [5.41, 5.74) is 7.58. The molecule has 0 unspecified atom stereocenters. The highest BCUT2D eigenvalue weighted by Crippen LogP contribution is 2.25. The first kappa shape index (κ1) is 20.8. The lowest BCUT2D eigenvalue weighted by molar-refractivity contribution is -0.740. The van der Waals surface area contributed by atoms with E-state index in [9.17, 15) is 13.0 Å². The predicted molar refractivity (Wildman–Crippen MR) is 104 cm³/mol. The number of aromatic nitrogens is 2. The second-order valence-electron chi connectivity index (χ2n) is 6.28. The van der Waals surface area contributed by atoms with Gasteiger partial charge in [0.1, 0.15) is 5.69 Å². The molecule has 0 spiro atoms. The van der Waals surface area contributed by atoms with Crippen LogP contribution in [0.3, 0.4) is 0 Å². The summed E-state index contributed by atoms with van der Waals surface area (Å²) in [5.74, 6) is 0. The molecule has 0 aliphatic heterocycles. The quantitative estimate of drug-likeness (QED) is 0.393. The van der Waals surface area contributed by atoms with E-state index in [2.05, 4.69) is 96.1 Å². The molecular formula is C20H24N2O4S. The Bertz CT molecular complexity index is 1010. The maximum atomic E-state index is 9.22. The highest BCUT2D eigenvalue weighted by molar-refractivity contribution is 7.80. The number of aryl methyl sites for hydroxylation is 2. The number of hydrogen-bond donors (Lipinski definition) is 0. The second kappa shape index (κ2) is 8.47. The predicted octanol–water partition coefficient (Wildman–Crippen LogP) is 2.89. The lowest BCUT2D eigenvalue weighted by atomic mass is 10.0. The van der Waals surface area contributed by atoms with Gasteiger partial charge in [0.2, 0.25) is 16.1 Å². The van der Waals surface area contributed by atoms with Crippen LogP contribution in [0.15, 0.2) is 54.6 Å². The van der Waals surface area contributed by atoms with Gasteiger partial charge in [-0.15, -0.1) is 4.68 Å². The minimum Gasteiger partial charge on any atom is -0.726 e. The SMILES string of the molecule is COS(=O)(=O)[O-].Cc1cc(C)cc(-c2cc(-c3ccccc3)n(C)[n+]2C)c1. The smallest absolute Gasteiger partial charge is 0.238 e. The van der Waals surface area contributed by atoms with Crippen molar-refractivity contribution in [2.24, 2.45) is 14.1 Å². The van der Waals surface area contributed by atoms with Gasteiger partial charge in [0.25, 0.3) is 0 Å². The van der Waals surface area contributed by atoms with E-state index in [1.807, 2.05) is 0 Å². The second-order valence-corrected chi connectivity index (χ2v) is 7.43. The fraction of sp³-hybridized carbons (Fsp3) is 0.250. The zero-order valence-corrected chi connectivity index (χ0v) is 16.9. The molecule has 0 saturated carbocycles. The van der Waals surface area contributed by atoms with Crippen molar-refractivity contribution in [2.75, 3.05) is 7.11 Å². The fourth-order valence-electron chi connectivity index (χ4n) is 2.91. The van der Waals surface area contributed by atoms with Crippen LogP contribution >= 0.6 is 0 Å². The molecule has 0 saturated heterocycles. The summed E-state index contributed by atoms with van der Waals surface area (Å²) in [5, 5.41) is 0. The van der Waals surface area contributed by atoms with Gasteiger partial charge in [-0.25, -0.2) is 8.42 Å². The minimum atomic E-state index is -4.41. The molecule has 2 aromatic carbocycles. The molecule has 0 bridgehead atoms. The average Bonchev–Trinajstić information content (AvgIpc) is 2.90. The first-order valence-electron chi connectivity index (χ1n) is 8.34. The lowest BCUT2D eigenvalue weighted by Gasteiger charge is -2.01. The monoisotopic (exact) mass is 388 g/mol. The van der Waals surface area contributed by atoms with Gasteiger partial charge in [-0.3, -0.25) is 4.18 Å². The molecule has 6 nitrogen and oxygen atoms in total. The van der Waals surface area contributed by atoms with Gasteiger partial charge in [0.15, 0.2) is 7.05 Å². The molecule has 0 atom stereocenters. The fourth-order valence-corrected chi connectivity index (χ4v) is 2.91. The molecule has 3 rings (SSSR count). The molecule has 0 aliphatic carbocycles. The van der Waals surface area contributed by atoms with Crippen molar-refractivity contribution < 1.29 is 21.8 Å². The van der Waals surface area contributed by atoms with Gasteiger partial charge in [-0.2, -0.15) is 4.68 Å². The Morgan fingerprint density at radius 3 is 1.96 bits per heavy atom. The van der Waals surface area contributed by atoms with Crippen molar-refractivity contribution in [3.8, 4) is 22.5 Å². The normalized spacial score (nSPS) is 11.0. The third kappa shape index (κ3) is 5.50. The molecule has 0 amide bonds. The van der Waals surface area contributed by atoms with E-state index >= 15 is 0 Å². The van der Waals surface area contributed by atoms with Crippen LogP contribution in [0, 0.1) is 13.8 Å². The molecule has 27 heavy (non-hydrogen) atoms. The largest absolute Gasteiger partial charge is 0.726 e. The Labute approximate surface area is 160 Å². The Morgan fingerprint density at radius 2 is 1.48 bits per heavy atom. The van der Waals surface area contributed by atoms with Crippen molar-refractivity contribution in [3.05, 3.63) is 65.7 Å². The van der Waals surface area contributed by atoms with E-state index in [0.717, 1.165) is 7.11 Å². The summed E-state index contributed by atoms with van der Waals surface area (Å²) in [4.78, 5) is 0. The molecule has 7 heteroatoms. The van der Waals surface area contributed by atoms with E-state index in [-0.39, 0.29) is 0 Å². The standard InChI is InChI=1S/C19H21N2.CH4O4S/c1-14-10-15(2)12-17(11-14)19-13-18(20(3)21(19)4)16-8-6-5-7-9-16;1-5-6(2,3)4/h5-13H,1-4H3;1H3,(H,2,3,4)/q+1;/p-1. The number of hydrogen-bond acceptors (Lipinski definition) is 4. The highest BCUT2D eigenvalue weighted by atomic mass is 32.3. The van der Waals surface area contributed by atoms with E-state index in [0.29, 0.717) is 0 Å². The van der Waals surface area contributed by atoms with Crippen molar-refractivity contribution in [1.29, 1.82) is 0 Å². The third-order valence-corrected chi connectivity index (χ3v) is 4.62. The minimum absolute atomic E-state index is 0.808. The van der Waals surface area contributed by atoms with Crippen LogP contribution in [-0.4, -0.2) is 24.8 Å². The Hall–Kier alpha value is -2.48. The van der Waals surface area contributed by atoms with Crippen molar-refractivity contribution in [3.63, 3.8) is 0 Å². The summed E-state index contributed by atoms with van der Waals surface area (Å²) in [6.45, 7) is 4.30. The number of rotatable bonds is 3. The lowest BCUT2D eigenvalue weighted by Crippen LogP contribution is -2.39. The summed E-state index contributed by atoms with van der Waals surface area (Å²) in [7, 11) is 0.612. The highest BCUT2D eigenvalue weighted by Gasteiger charge is 2.19. The Morgan fingerprint density at radius 1 is 0.963 bits per heavy atom. The van der Waals surface area contributed by atoms with Crippen molar-refractivity contribution in [1.82, 2.24) is 4.68 Å². The molecule has 0 N–H and O–H groups in total. The van der Waals surface area contributed by atoms with Gasteiger partial charge < -0.3 is 4.55 Å². The molecule has 1 heterocycles. The van der Waals surface area contributed by atoms with E-state index in [1.54, 1.807) is 0 Å². The van der Waals surface area contributed by atoms with Crippen LogP contribution in [-0.2, 0) is 28.7 Å². The van der Waals surface area contributed by atoms with E-state index in [1.165, 1.54) is 33.6 Å². The molecule has 0 aliphatic rings. The van der Waals surface area contributed by atoms with Crippen molar-refractivity contribution >= 4 is 10.4 Å². The first-order valence-corrected chi connectivity index (χ1v) is 9.67. The summed E-state index contributed by atoms with van der Waals surface area (Å²) in [6.07, 6.45) is 0. The average molecular weight is 388 g/mol. The van der Waals surface area contributed by atoms with E-state index in [4.69, 9.17) is 0 Å². The first-order chi connectivity index (χ1) is 12.6. The van der Waals surface area contributed by atoms with Crippen LogP contribution in [0.4, 0.5) is 0 Å². The van der Waals surface area contributed by atoms with Crippen LogP contribution in [0.25, 0.3) is 22.5 Å². The van der Waals surface area contributed by atoms with Crippen LogP contribution in [0.2, 0.25) is 0 Å². The van der Waals surface area contributed by atoms with Crippen molar-refractivity contribution in [2.45, 2.75) is 13.8 Å². The van der Waals surface area contributed by atoms with Gasteiger partial charge in [0, 0.05) is 17.2 Å². The van der Waals surface area contributed by atoms with Gasteiger partial charge >= 0.3 is 0 Å². The third-order valence-electron chi connectivity index (χ3n) is 4.21. The summed E-state index contributed by atoms with van der Waals surface area (Å²) in [6, 6.07) is 19.5. The zero-order valence-electron chi connectivity index (χ0n) is 16.1. The Kier molecular flexibility index (Phi) is 6.54. The zero-order chi connectivity index (χ0) is 20.2. The summed E-state index contributed by atoms with van der Waals surface area (Å²) < 4.78 is 35.4. The van der Waals surface area contributed by atoms with Gasteiger partial charge in [-0.05, 0) is 26.0 Å². The van der Waals surface area contributed by atoms with Gasteiger partial charge in [-0.1, -0.05) is 47.5 Å². The molecule has 0 fully saturated rings. The van der Waals surface area contributed by atoms with Gasteiger partial charge in [0.05, 0.1) is 14.2 Å². The van der Waals surface area contributed by atoms with E-state index < -0.39 is 10.4 Å². The number of nitrogens with zero attached hydrogens (tertiary/aromatic N) is 2. The van der Waals surface area contributed by atoms with Crippen LogP contribution in [0.1, 0.15) is 11.1 Å².